The molecular formula is C38H26Br2F4O4. The quantitative estimate of drug-likeness (QED) is 0.131. The van der Waals surface area contributed by atoms with Crippen molar-refractivity contribution in [3.63, 3.8) is 0 Å². The van der Waals surface area contributed by atoms with Crippen LogP contribution in [0.25, 0.3) is 44.5 Å². The summed E-state index contributed by atoms with van der Waals surface area (Å²) in [6.07, 6.45) is 0. The molecule has 0 atom stereocenters. The van der Waals surface area contributed by atoms with Crippen molar-refractivity contribution in [3.8, 4) is 67.5 Å². The molecule has 0 aliphatic rings. The van der Waals surface area contributed by atoms with Crippen LogP contribution in [0.5, 0.6) is 23.0 Å². The number of aromatic hydroxyl groups is 2. The van der Waals surface area contributed by atoms with E-state index in [9.17, 15) is 27.8 Å². The number of phenols is 2. The minimum Gasteiger partial charge on any atom is -0.504 e. The predicted octanol–water partition coefficient (Wildman–Crippen LogP) is 11.6. The number of benzene rings is 6. The van der Waals surface area contributed by atoms with Gasteiger partial charge in [-0.2, -0.15) is 0 Å². The lowest BCUT2D eigenvalue weighted by atomic mass is 9.97. The van der Waals surface area contributed by atoms with E-state index in [0.717, 1.165) is 4.47 Å². The second-order valence-electron chi connectivity index (χ2n) is 10.3. The first-order valence-corrected chi connectivity index (χ1v) is 15.8. The summed E-state index contributed by atoms with van der Waals surface area (Å²) < 4.78 is 68.7. The molecule has 6 aromatic rings. The molecule has 0 bridgehead atoms. The normalized spacial score (nSPS) is 10.7. The molecule has 0 unspecified atom stereocenters. The van der Waals surface area contributed by atoms with Crippen molar-refractivity contribution in [1.29, 1.82) is 0 Å². The second kappa shape index (κ2) is 15.0. The molecule has 0 radical (unpaired) electrons. The standard InChI is InChI=1S/C20H15BrF2O2.C18H11BrF2O2/c1-24-19-14(13-5-3-4-6-17(13)22)8-9-15(20(19)25-2)16-11-12(21)7-10-18(16)23;19-10-5-8-16(21)14(9-10)13-7-6-12(17(22)18(13)23)11-3-1-2-4-15(11)20/h3-11H,1-2H3;1-9,22-23H. The molecule has 0 aliphatic carbocycles. The molecule has 0 heterocycles. The van der Waals surface area contributed by atoms with Crippen LogP contribution in [0.15, 0.2) is 118 Å². The van der Waals surface area contributed by atoms with E-state index < -0.39 is 23.1 Å². The number of methoxy groups -OCH3 is 2. The van der Waals surface area contributed by atoms with Crippen LogP contribution in [-0.4, -0.2) is 24.4 Å². The van der Waals surface area contributed by atoms with Gasteiger partial charge < -0.3 is 19.7 Å². The van der Waals surface area contributed by atoms with Crippen LogP contribution in [0, 0.1) is 23.3 Å². The molecule has 0 spiro atoms. The summed E-state index contributed by atoms with van der Waals surface area (Å²) >= 11 is 6.59. The van der Waals surface area contributed by atoms with E-state index in [1.807, 2.05) is 0 Å². The van der Waals surface area contributed by atoms with Gasteiger partial charge in [-0.3, -0.25) is 0 Å². The highest BCUT2D eigenvalue weighted by Crippen LogP contribution is 2.47. The van der Waals surface area contributed by atoms with E-state index in [0.29, 0.717) is 38.2 Å². The fraction of sp³-hybridized carbons (Fsp3) is 0.0526. The zero-order valence-corrected chi connectivity index (χ0v) is 28.5. The zero-order chi connectivity index (χ0) is 34.5. The number of phenolic OH excluding ortho intramolecular Hbond substituents is 2. The summed E-state index contributed by atoms with van der Waals surface area (Å²) in [6, 6.07) is 27.5. The minimum absolute atomic E-state index is 0.126. The van der Waals surface area contributed by atoms with E-state index in [4.69, 9.17) is 9.47 Å². The maximum absolute atomic E-state index is 14.3. The fourth-order valence-electron chi connectivity index (χ4n) is 5.17. The van der Waals surface area contributed by atoms with Gasteiger partial charge in [0.25, 0.3) is 0 Å². The van der Waals surface area contributed by atoms with Crippen LogP contribution in [0.4, 0.5) is 17.6 Å². The van der Waals surface area contributed by atoms with Crippen LogP contribution < -0.4 is 9.47 Å². The molecular weight excluding hydrogens is 756 g/mol. The molecule has 0 saturated heterocycles. The fourth-order valence-corrected chi connectivity index (χ4v) is 5.90. The molecule has 0 saturated carbocycles. The molecule has 6 aromatic carbocycles. The molecule has 0 aliphatic heterocycles. The Morgan fingerprint density at radius 1 is 0.417 bits per heavy atom. The van der Waals surface area contributed by atoms with Gasteiger partial charge in [0.1, 0.15) is 23.3 Å². The van der Waals surface area contributed by atoms with Crippen molar-refractivity contribution < 1.29 is 37.2 Å². The van der Waals surface area contributed by atoms with Gasteiger partial charge in [-0.25, -0.2) is 17.6 Å². The van der Waals surface area contributed by atoms with Crippen LogP contribution >= 0.6 is 31.9 Å². The summed E-state index contributed by atoms with van der Waals surface area (Å²) in [4.78, 5) is 0. The van der Waals surface area contributed by atoms with Gasteiger partial charge in [0.15, 0.2) is 23.0 Å². The molecule has 4 nitrogen and oxygen atoms in total. The Bertz CT molecular complexity index is 2120. The van der Waals surface area contributed by atoms with Gasteiger partial charge in [0, 0.05) is 53.5 Å². The third-order valence-electron chi connectivity index (χ3n) is 7.44. The minimum atomic E-state index is -0.540. The van der Waals surface area contributed by atoms with Gasteiger partial charge in [0.2, 0.25) is 0 Å². The van der Waals surface area contributed by atoms with Crippen LogP contribution in [-0.2, 0) is 0 Å². The molecule has 48 heavy (non-hydrogen) atoms. The Kier molecular flexibility index (Phi) is 10.8. The third-order valence-corrected chi connectivity index (χ3v) is 8.42. The Morgan fingerprint density at radius 3 is 1.19 bits per heavy atom. The summed E-state index contributed by atoms with van der Waals surface area (Å²) in [5.41, 5.74) is 2.37. The molecule has 10 heteroatoms. The van der Waals surface area contributed by atoms with Crippen molar-refractivity contribution in [2.45, 2.75) is 0 Å². The van der Waals surface area contributed by atoms with Crippen LogP contribution in [0.2, 0.25) is 0 Å². The smallest absolute Gasteiger partial charge is 0.169 e. The third kappa shape index (κ3) is 7.05. The molecule has 0 amide bonds. The SMILES string of the molecule is COc1c(-c2ccccc2F)ccc(-c2cc(Br)ccc2F)c1OC.Oc1c(-c2ccccc2F)ccc(-c2cc(Br)ccc2F)c1O. The van der Waals surface area contributed by atoms with Crippen molar-refractivity contribution in [1.82, 2.24) is 0 Å². The number of halogens is 6. The highest BCUT2D eigenvalue weighted by Gasteiger charge is 2.21. The molecule has 244 valence electrons. The first-order chi connectivity index (χ1) is 23.0. The lowest BCUT2D eigenvalue weighted by Crippen LogP contribution is -1.98. The van der Waals surface area contributed by atoms with Crippen molar-refractivity contribution >= 4 is 31.9 Å². The second-order valence-corrected chi connectivity index (χ2v) is 12.1. The predicted molar refractivity (Wildman–Crippen MR) is 186 cm³/mol. The largest absolute Gasteiger partial charge is 0.504 e. The maximum Gasteiger partial charge on any atom is 0.169 e. The van der Waals surface area contributed by atoms with Crippen LogP contribution in [0.1, 0.15) is 0 Å². The van der Waals surface area contributed by atoms with E-state index in [2.05, 4.69) is 31.9 Å². The van der Waals surface area contributed by atoms with Crippen molar-refractivity contribution in [3.05, 3.63) is 141 Å². The first kappa shape index (κ1) is 34.5. The molecule has 0 aromatic heterocycles. The lowest BCUT2D eigenvalue weighted by molar-refractivity contribution is 0.357. The Labute approximate surface area is 291 Å². The van der Waals surface area contributed by atoms with E-state index in [1.54, 1.807) is 48.5 Å². The topological polar surface area (TPSA) is 58.9 Å². The van der Waals surface area contributed by atoms with E-state index >= 15 is 0 Å². The van der Waals surface area contributed by atoms with Crippen molar-refractivity contribution in [2.75, 3.05) is 14.2 Å². The van der Waals surface area contributed by atoms with Gasteiger partial charge in [-0.15, -0.1) is 0 Å². The maximum atomic E-state index is 14.3. The average molecular weight is 782 g/mol. The highest BCUT2D eigenvalue weighted by molar-refractivity contribution is 9.10. The van der Waals surface area contributed by atoms with Gasteiger partial charge >= 0.3 is 0 Å². The highest BCUT2D eigenvalue weighted by atomic mass is 79.9. The van der Waals surface area contributed by atoms with Gasteiger partial charge in [0.05, 0.1) is 14.2 Å². The van der Waals surface area contributed by atoms with Crippen LogP contribution in [0.3, 0.4) is 0 Å². The molecule has 6 rings (SSSR count). The van der Waals surface area contributed by atoms with E-state index in [-0.39, 0.29) is 33.9 Å². The summed E-state index contributed by atoms with van der Waals surface area (Å²) in [6.45, 7) is 0. The summed E-state index contributed by atoms with van der Waals surface area (Å²) in [7, 11) is 2.95. The van der Waals surface area contributed by atoms with Gasteiger partial charge in [-0.1, -0.05) is 68.3 Å². The summed E-state index contributed by atoms with van der Waals surface area (Å²) in [5, 5.41) is 20.5. The molecule has 2 N–H and O–H groups in total. The van der Waals surface area contributed by atoms with Gasteiger partial charge in [-0.05, 0) is 72.8 Å². The Balaban J connectivity index is 0.000000188. The Morgan fingerprint density at radius 2 is 0.750 bits per heavy atom. The average Bonchev–Trinajstić information content (AvgIpc) is 3.08. The number of hydrogen-bond acceptors (Lipinski definition) is 4. The number of rotatable bonds is 6. The summed E-state index contributed by atoms with van der Waals surface area (Å²) in [5.74, 6) is -2.11. The number of hydrogen-bond donors (Lipinski definition) is 2. The zero-order valence-electron chi connectivity index (χ0n) is 25.4. The molecule has 0 fully saturated rings. The van der Waals surface area contributed by atoms with Crippen molar-refractivity contribution in [2.24, 2.45) is 0 Å². The Hall–Kier alpha value is -4.80. The monoisotopic (exact) mass is 780 g/mol. The number of ether oxygens (including phenoxy) is 2. The lowest BCUT2D eigenvalue weighted by Gasteiger charge is -2.17. The van der Waals surface area contributed by atoms with E-state index in [1.165, 1.54) is 74.9 Å². The first-order valence-electron chi connectivity index (χ1n) is 14.3.